The van der Waals surface area contributed by atoms with E-state index in [-0.39, 0.29) is 16.8 Å². The molecule has 1 amide bonds. The molecule has 8 heteroatoms. The van der Waals surface area contributed by atoms with Crippen molar-refractivity contribution in [3.05, 3.63) is 29.8 Å². The Hall–Kier alpha value is -2.61. The Morgan fingerprint density at radius 3 is 2.75 bits per heavy atom. The highest BCUT2D eigenvalue weighted by Gasteiger charge is 2.13. The molecule has 1 fully saturated rings. The summed E-state index contributed by atoms with van der Waals surface area (Å²) in [6.45, 7) is 5.98. The van der Waals surface area contributed by atoms with Crippen molar-refractivity contribution in [3.63, 3.8) is 0 Å². The van der Waals surface area contributed by atoms with Gasteiger partial charge in [-0.25, -0.2) is 0 Å². The van der Waals surface area contributed by atoms with E-state index in [9.17, 15) is 9.90 Å². The minimum Gasteiger partial charge on any atom is -0.507 e. The summed E-state index contributed by atoms with van der Waals surface area (Å²) in [5.41, 5.74) is 1.33. The SMILES string of the molecule is CC(C)=NOC(=S)NCCOc1ccc(/C=C/C(=O)N2CCCCC2)c(O)c1. The smallest absolute Gasteiger partial charge is 0.289 e. The number of carbonyl (C=O) groups is 1. The van der Waals surface area contributed by atoms with Crippen LogP contribution >= 0.6 is 12.2 Å². The van der Waals surface area contributed by atoms with Crippen LogP contribution in [0.4, 0.5) is 0 Å². The molecule has 0 unspecified atom stereocenters. The fourth-order valence-electron chi connectivity index (χ4n) is 2.62. The zero-order chi connectivity index (χ0) is 20.4. The average Bonchev–Trinajstić information content (AvgIpc) is 2.69. The van der Waals surface area contributed by atoms with Crippen molar-refractivity contribution in [2.45, 2.75) is 33.1 Å². The van der Waals surface area contributed by atoms with Crippen molar-refractivity contribution in [2.75, 3.05) is 26.2 Å². The summed E-state index contributed by atoms with van der Waals surface area (Å²) in [6.07, 6.45) is 6.41. The monoisotopic (exact) mass is 405 g/mol. The van der Waals surface area contributed by atoms with Crippen LogP contribution in [0.15, 0.2) is 29.4 Å². The number of ether oxygens (including phenoxy) is 1. The second-order valence-electron chi connectivity index (χ2n) is 6.63. The number of hydrogen-bond acceptors (Lipinski definition) is 6. The topological polar surface area (TPSA) is 83.4 Å². The van der Waals surface area contributed by atoms with Gasteiger partial charge >= 0.3 is 0 Å². The van der Waals surface area contributed by atoms with Gasteiger partial charge in [-0.2, -0.15) is 0 Å². The van der Waals surface area contributed by atoms with Gasteiger partial charge in [0, 0.05) is 30.8 Å². The van der Waals surface area contributed by atoms with E-state index in [2.05, 4.69) is 10.5 Å². The quantitative estimate of drug-likeness (QED) is 0.238. The molecule has 1 saturated heterocycles. The number of nitrogens with zero attached hydrogens (tertiary/aromatic N) is 2. The summed E-state index contributed by atoms with van der Waals surface area (Å²) in [5, 5.41) is 16.9. The van der Waals surface area contributed by atoms with Crippen LogP contribution in [0.5, 0.6) is 11.5 Å². The lowest BCUT2D eigenvalue weighted by molar-refractivity contribution is -0.126. The second-order valence-corrected chi connectivity index (χ2v) is 7.00. The van der Waals surface area contributed by atoms with Crippen LogP contribution in [0.2, 0.25) is 0 Å². The van der Waals surface area contributed by atoms with Gasteiger partial charge in [0.05, 0.1) is 12.3 Å². The molecule has 28 heavy (non-hydrogen) atoms. The van der Waals surface area contributed by atoms with Gasteiger partial charge in [0.25, 0.3) is 5.17 Å². The van der Waals surface area contributed by atoms with Gasteiger partial charge in [-0.15, -0.1) is 0 Å². The first kappa shape index (κ1) is 21.7. The number of rotatable bonds is 7. The Balaban J connectivity index is 1.78. The predicted molar refractivity (Wildman–Crippen MR) is 114 cm³/mol. The van der Waals surface area contributed by atoms with Crippen LogP contribution in [0.1, 0.15) is 38.7 Å². The highest BCUT2D eigenvalue weighted by molar-refractivity contribution is 7.80. The van der Waals surface area contributed by atoms with E-state index >= 15 is 0 Å². The first-order chi connectivity index (χ1) is 13.5. The first-order valence-electron chi connectivity index (χ1n) is 9.34. The third-order valence-corrected chi connectivity index (χ3v) is 4.25. The number of likely N-dealkylation sites (tertiary alicyclic amines) is 1. The number of nitrogens with one attached hydrogen (secondary N) is 1. The van der Waals surface area contributed by atoms with Crippen molar-refractivity contribution in [1.82, 2.24) is 10.2 Å². The predicted octanol–water partition coefficient (Wildman–Crippen LogP) is 3.08. The van der Waals surface area contributed by atoms with Crippen LogP contribution in [0.25, 0.3) is 6.08 Å². The zero-order valence-electron chi connectivity index (χ0n) is 16.3. The molecule has 2 N–H and O–H groups in total. The lowest BCUT2D eigenvalue weighted by Gasteiger charge is -2.25. The number of benzene rings is 1. The maximum Gasteiger partial charge on any atom is 0.289 e. The lowest BCUT2D eigenvalue weighted by atomic mass is 10.1. The summed E-state index contributed by atoms with van der Waals surface area (Å²) >= 11 is 4.96. The van der Waals surface area contributed by atoms with E-state index in [1.807, 2.05) is 4.90 Å². The number of oxime groups is 1. The third-order valence-electron chi connectivity index (χ3n) is 4.03. The summed E-state index contributed by atoms with van der Waals surface area (Å²) in [4.78, 5) is 19.0. The third kappa shape index (κ3) is 7.56. The van der Waals surface area contributed by atoms with Crippen LogP contribution in [-0.2, 0) is 9.63 Å². The molecule has 1 aromatic rings. The number of phenols is 1. The summed E-state index contributed by atoms with van der Waals surface area (Å²) in [7, 11) is 0. The molecule has 1 aliphatic heterocycles. The average molecular weight is 406 g/mol. The number of aromatic hydroxyl groups is 1. The number of carbonyl (C=O) groups excluding carboxylic acids is 1. The molecule has 0 aromatic heterocycles. The maximum absolute atomic E-state index is 12.2. The van der Waals surface area contributed by atoms with E-state index in [0.717, 1.165) is 31.6 Å². The van der Waals surface area contributed by atoms with E-state index in [4.69, 9.17) is 21.8 Å². The number of piperidine rings is 1. The molecular formula is C20H27N3O4S. The Labute approximate surface area is 171 Å². The zero-order valence-corrected chi connectivity index (χ0v) is 17.1. The summed E-state index contributed by atoms with van der Waals surface area (Å²) in [5.74, 6) is 0.555. The van der Waals surface area contributed by atoms with Gasteiger partial charge in [0.15, 0.2) is 0 Å². The largest absolute Gasteiger partial charge is 0.507 e. The standard InChI is InChI=1S/C20H27N3O4S/c1-15(2)22-27-20(28)21-10-13-26-17-8-6-16(18(24)14-17)7-9-19(25)23-11-4-3-5-12-23/h6-9,14,24H,3-5,10-13H2,1-2H3,(H,21,28)/b9-7+. The van der Waals surface area contributed by atoms with E-state index in [0.29, 0.717) is 24.5 Å². The van der Waals surface area contributed by atoms with Gasteiger partial charge < -0.3 is 24.9 Å². The van der Waals surface area contributed by atoms with Crippen molar-refractivity contribution in [3.8, 4) is 11.5 Å². The molecule has 1 aliphatic rings. The molecular weight excluding hydrogens is 378 g/mol. The Morgan fingerprint density at radius 1 is 1.32 bits per heavy atom. The fourth-order valence-corrected chi connectivity index (χ4v) is 2.76. The van der Waals surface area contributed by atoms with E-state index < -0.39 is 0 Å². The van der Waals surface area contributed by atoms with E-state index in [1.165, 1.54) is 18.6 Å². The molecule has 0 atom stereocenters. The van der Waals surface area contributed by atoms with E-state index in [1.54, 1.807) is 32.1 Å². The molecule has 1 heterocycles. The lowest BCUT2D eigenvalue weighted by Crippen LogP contribution is -2.34. The number of phenolic OH excluding ortho intramolecular Hbond substituents is 1. The highest BCUT2D eigenvalue weighted by Crippen LogP contribution is 2.24. The number of amides is 1. The van der Waals surface area contributed by atoms with Gasteiger partial charge in [-0.05, 0) is 63.5 Å². The van der Waals surface area contributed by atoms with Crippen LogP contribution < -0.4 is 10.1 Å². The van der Waals surface area contributed by atoms with Crippen LogP contribution in [0, 0.1) is 0 Å². The molecule has 152 valence electrons. The number of thiocarbonyl (C=S) groups is 1. The summed E-state index contributed by atoms with van der Waals surface area (Å²) in [6, 6.07) is 4.97. The molecule has 7 nitrogen and oxygen atoms in total. The molecule has 0 bridgehead atoms. The second kappa shape index (κ2) is 11.3. The van der Waals surface area contributed by atoms with Crippen molar-refractivity contribution < 1.29 is 19.5 Å². The minimum absolute atomic E-state index is 0.0220. The van der Waals surface area contributed by atoms with Crippen molar-refractivity contribution in [2.24, 2.45) is 5.16 Å². The Morgan fingerprint density at radius 2 is 2.07 bits per heavy atom. The number of hydrogen-bond donors (Lipinski definition) is 2. The van der Waals surface area contributed by atoms with Crippen LogP contribution in [0.3, 0.4) is 0 Å². The molecule has 0 radical (unpaired) electrons. The van der Waals surface area contributed by atoms with Crippen molar-refractivity contribution >= 4 is 35.1 Å². The summed E-state index contributed by atoms with van der Waals surface area (Å²) < 4.78 is 5.57. The molecule has 0 saturated carbocycles. The molecule has 2 rings (SSSR count). The maximum atomic E-state index is 12.2. The Kier molecular flexibility index (Phi) is 8.74. The highest BCUT2D eigenvalue weighted by atomic mass is 32.1. The van der Waals surface area contributed by atoms with Gasteiger partial charge in [-0.1, -0.05) is 5.16 Å². The molecule has 0 spiro atoms. The first-order valence-corrected chi connectivity index (χ1v) is 9.75. The fraction of sp³-hybridized carbons (Fsp3) is 0.450. The van der Waals surface area contributed by atoms with Gasteiger partial charge in [0.2, 0.25) is 5.91 Å². The van der Waals surface area contributed by atoms with Crippen molar-refractivity contribution in [1.29, 1.82) is 0 Å². The Bertz CT molecular complexity index is 739. The van der Waals surface area contributed by atoms with Gasteiger partial charge in [-0.3, -0.25) is 4.79 Å². The van der Waals surface area contributed by atoms with Gasteiger partial charge in [0.1, 0.15) is 18.1 Å². The molecule has 0 aliphatic carbocycles. The minimum atomic E-state index is -0.0220. The molecule has 1 aromatic carbocycles. The van der Waals surface area contributed by atoms with Crippen LogP contribution in [-0.4, -0.2) is 53.0 Å². The normalized spacial score (nSPS) is 13.9.